The normalized spacial score (nSPS) is 15.7. The lowest BCUT2D eigenvalue weighted by Crippen LogP contribution is -2.47. The van der Waals surface area contributed by atoms with Gasteiger partial charge in [-0.15, -0.1) is 0 Å². The molecule has 1 aliphatic heterocycles. The highest BCUT2D eigenvalue weighted by molar-refractivity contribution is 5.74. The number of fused-ring (bicyclic) bond motifs is 1. The van der Waals surface area contributed by atoms with Crippen LogP contribution in [0.2, 0.25) is 0 Å². The summed E-state index contributed by atoms with van der Waals surface area (Å²) in [5.74, 6) is 1.66. The standard InChI is InChI=1S/C20H24N2O3/c1-14-3-5-15(6-4-14)9-10-21-20(23)22-17-11-16-12-18(24-2)7-8-19(16)25-13-17/h3-8,12,17H,9-11,13H2,1-2H3,(H2,21,22,23)/t17-/m0/s1. The molecule has 5 nitrogen and oxygen atoms in total. The Morgan fingerprint density at radius 1 is 1.24 bits per heavy atom. The Kier molecular flexibility index (Phi) is 5.43. The molecule has 2 aromatic carbocycles. The van der Waals surface area contributed by atoms with Crippen LogP contribution in [0.4, 0.5) is 4.79 Å². The second-order valence-corrected chi connectivity index (χ2v) is 6.32. The van der Waals surface area contributed by atoms with Crippen molar-refractivity contribution in [2.75, 3.05) is 20.3 Å². The molecule has 1 atom stereocenters. The maximum absolute atomic E-state index is 12.1. The highest BCUT2D eigenvalue weighted by atomic mass is 16.5. The first-order valence-electron chi connectivity index (χ1n) is 8.53. The number of ether oxygens (including phenoxy) is 2. The fraction of sp³-hybridized carbons (Fsp3) is 0.350. The number of benzene rings is 2. The number of carbonyl (C=O) groups excluding carboxylic acids is 1. The van der Waals surface area contributed by atoms with E-state index in [4.69, 9.17) is 9.47 Å². The van der Waals surface area contributed by atoms with Gasteiger partial charge in [-0.25, -0.2) is 4.79 Å². The van der Waals surface area contributed by atoms with Crippen LogP contribution >= 0.6 is 0 Å². The predicted octanol–water partition coefficient (Wildman–Crippen LogP) is 2.85. The second-order valence-electron chi connectivity index (χ2n) is 6.32. The average molecular weight is 340 g/mol. The van der Waals surface area contributed by atoms with Crippen LogP contribution in [0.1, 0.15) is 16.7 Å². The van der Waals surface area contributed by atoms with Gasteiger partial charge in [0.15, 0.2) is 0 Å². The summed E-state index contributed by atoms with van der Waals surface area (Å²) < 4.78 is 11.0. The lowest BCUT2D eigenvalue weighted by Gasteiger charge is -2.26. The maximum Gasteiger partial charge on any atom is 0.315 e. The summed E-state index contributed by atoms with van der Waals surface area (Å²) in [6.07, 6.45) is 1.55. The molecular formula is C20H24N2O3. The lowest BCUT2D eigenvalue weighted by molar-refractivity contribution is 0.214. The Bertz CT molecular complexity index is 728. The van der Waals surface area contributed by atoms with Crippen molar-refractivity contribution in [3.8, 4) is 11.5 Å². The van der Waals surface area contributed by atoms with Crippen molar-refractivity contribution >= 4 is 6.03 Å². The Morgan fingerprint density at radius 2 is 2.04 bits per heavy atom. The van der Waals surface area contributed by atoms with Gasteiger partial charge in [0.05, 0.1) is 13.2 Å². The first-order chi connectivity index (χ1) is 12.1. The second kappa shape index (κ2) is 7.92. The molecule has 2 aromatic rings. The van der Waals surface area contributed by atoms with Gasteiger partial charge >= 0.3 is 6.03 Å². The SMILES string of the molecule is COc1ccc2c(c1)C[C@H](NC(=O)NCCc1ccc(C)cc1)CO2. The number of hydrogen-bond donors (Lipinski definition) is 2. The molecule has 0 unspecified atom stereocenters. The van der Waals surface area contributed by atoms with Gasteiger partial charge in [0.1, 0.15) is 18.1 Å². The van der Waals surface area contributed by atoms with E-state index in [0.29, 0.717) is 13.2 Å². The third-order valence-electron chi connectivity index (χ3n) is 4.33. The molecule has 2 amide bonds. The molecule has 0 radical (unpaired) electrons. The van der Waals surface area contributed by atoms with Crippen LogP contribution in [0.5, 0.6) is 11.5 Å². The van der Waals surface area contributed by atoms with Gasteiger partial charge in [0.2, 0.25) is 0 Å². The topological polar surface area (TPSA) is 59.6 Å². The van der Waals surface area contributed by atoms with Crippen molar-refractivity contribution < 1.29 is 14.3 Å². The van der Waals surface area contributed by atoms with Crippen LogP contribution in [0.15, 0.2) is 42.5 Å². The molecule has 1 heterocycles. The predicted molar refractivity (Wildman–Crippen MR) is 97.4 cm³/mol. The van der Waals surface area contributed by atoms with Crippen molar-refractivity contribution in [1.82, 2.24) is 10.6 Å². The molecule has 0 saturated heterocycles. The molecule has 25 heavy (non-hydrogen) atoms. The summed E-state index contributed by atoms with van der Waals surface area (Å²) in [5, 5.41) is 5.89. The number of amides is 2. The van der Waals surface area contributed by atoms with E-state index in [9.17, 15) is 4.79 Å². The van der Waals surface area contributed by atoms with Gasteiger partial charge in [-0.05, 0) is 49.1 Å². The van der Waals surface area contributed by atoms with E-state index < -0.39 is 0 Å². The minimum Gasteiger partial charge on any atom is -0.497 e. The number of nitrogens with one attached hydrogen (secondary N) is 2. The summed E-state index contributed by atoms with van der Waals surface area (Å²) in [7, 11) is 1.64. The molecule has 0 bridgehead atoms. The zero-order valence-electron chi connectivity index (χ0n) is 14.7. The quantitative estimate of drug-likeness (QED) is 0.880. The van der Waals surface area contributed by atoms with Crippen LogP contribution < -0.4 is 20.1 Å². The van der Waals surface area contributed by atoms with E-state index in [1.807, 2.05) is 18.2 Å². The molecule has 2 N–H and O–H groups in total. The van der Waals surface area contributed by atoms with E-state index in [-0.39, 0.29) is 12.1 Å². The first kappa shape index (κ1) is 17.1. The number of aryl methyl sites for hydroxylation is 1. The molecule has 132 valence electrons. The Hall–Kier alpha value is -2.69. The molecule has 0 spiro atoms. The summed E-state index contributed by atoms with van der Waals surface area (Å²) in [6, 6.07) is 13.9. The van der Waals surface area contributed by atoms with Crippen molar-refractivity contribution in [1.29, 1.82) is 0 Å². The van der Waals surface area contributed by atoms with Gasteiger partial charge in [-0.3, -0.25) is 0 Å². The minimum absolute atomic E-state index is 0.0426. The minimum atomic E-state index is -0.160. The molecule has 0 fully saturated rings. The lowest BCUT2D eigenvalue weighted by atomic mass is 10.0. The summed E-state index contributed by atoms with van der Waals surface area (Å²) in [4.78, 5) is 12.1. The highest BCUT2D eigenvalue weighted by Crippen LogP contribution is 2.28. The fourth-order valence-corrected chi connectivity index (χ4v) is 2.90. The Morgan fingerprint density at radius 3 is 2.80 bits per heavy atom. The van der Waals surface area contributed by atoms with Crippen molar-refractivity contribution in [3.63, 3.8) is 0 Å². The van der Waals surface area contributed by atoms with Gasteiger partial charge in [-0.1, -0.05) is 29.8 Å². The van der Waals surface area contributed by atoms with Crippen LogP contribution in [-0.4, -0.2) is 32.3 Å². The van der Waals surface area contributed by atoms with Crippen LogP contribution in [0.3, 0.4) is 0 Å². The van der Waals surface area contributed by atoms with E-state index in [2.05, 4.69) is 41.8 Å². The molecule has 1 aliphatic rings. The largest absolute Gasteiger partial charge is 0.497 e. The van der Waals surface area contributed by atoms with Gasteiger partial charge in [0.25, 0.3) is 0 Å². The van der Waals surface area contributed by atoms with Gasteiger partial charge in [0, 0.05) is 6.54 Å². The van der Waals surface area contributed by atoms with E-state index in [1.54, 1.807) is 7.11 Å². The van der Waals surface area contributed by atoms with Crippen LogP contribution in [0, 0.1) is 6.92 Å². The Labute approximate surface area is 148 Å². The van der Waals surface area contributed by atoms with Crippen LogP contribution in [0.25, 0.3) is 0 Å². The number of urea groups is 1. The maximum atomic E-state index is 12.1. The average Bonchev–Trinajstić information content (AvgIpc) is 2.62. The van der Waals surface area contributed by atoms with Gasteiger partial charge < -0.3 is 20.1 Å². The smallest absolute Gasteiger partial charge is 0.315 e. The zero-order valence-corrected chi connectivity index (χ0v) is 14.7. The molecule has 5 heteroatoms. The van der Waals surface area contributed by atoms with E-state index in [0.717, 1.165) is 29.9 Å². The summed E-state index contributed by atoms with van der Waals surface area (Å²) >= 11 is 0. The van der Waals surface area contributed by atoms with Crippen LogP contribution in [-0.2, 0) is 12.8 Å². The number of methoxy groups -OCH3 is 1. The number of hydrogen-bond acceptors (Lipinski definition) is 3. The number of rotatable bonds is 5. The molecule has 0 saturated carbocycles. The highest BCUT2D eigenvalue weighted by Gasteiger charge is 2.21. The third-order valence-corrected chi connectivity index (χ3v) is 4.33. The van der Waals surface area contributed by atoms with Gasteiger partial charge in [-0.2, -0.15) is 0 Å². The van der Waals surface area contributed by atoms with Crippen molar-refractivity contribution in [2.45, 2.75) is 25.8 Å². The summed E-state index contributed by atoms with van der Waals surface area (Å²) in [6.45, 7) is 3.15. The molecular weight excluding hydrogens is 316 g/mol. The molecule has 0 aromatic heterocycles. The molecule has 3 rings (SSSR count). The monoisotopic (exact) mass is 340 g/mol. The number of carbonyl (C=O) groups is 1. The fourth-order valence-electron chi connectivity index (χ4n) is 2.90. The summed E-state index contributed by atoms with van der Waals surface area (Å²) in [5.41, 5.74) is 3.51. The van der Waals surface area contributed by atoms with Crippen molar-refractivity contribution in [3.05, 3.63) is 59.2 Å². The van der Waals surface area contributed by atoms with E-state index >= 15 is 0 Å². The Balaban J connectivity index is 1.46. The first-order valence-corrected chi connectivity index (χ1v) is 8.53. The molecule has 0 aliphatic carbocycles. The third kappa shape index (κ3) is 4.66. The van der Waals surface area contributed by atoms with Crippen molar-refractivity contribution in [2.24, 2.45) is 0 Å². The van der Waals surface area contributed by atoms with E-state index in [1.165, 1.54) is 11.1 Å². The zero-order chi connectivity index (χ0) is 17.6.